The molecule has 0 aliphatic carbocycles. The number of hydrogen-bond donors (Lipinski definition) is 2. The fourth-order valence-corrected chi connectivity index (χ4v) is 1.49. The van der Waals surface area contributed by atoms with Crippen molar-refractivity contribution in [2.75, 3.05) is 18.8 Å². The molecule has 0 unspecified atom stereocenters. The van der Waals surface area contributed by atoms with Crippen molar-refractivity contribution in [2.24, 2.45) is 5.41 Å². The molecule has 4 heteroatoms. The van der Waals surface area contributed by atoms with Crippen LogP contribution in [-0.2, 0) is 0 Å². The molecule has 10 heavy (non-hydrogen) atoms. The average molecular weight is 167 g/mol. The fraction of sp³-hybridized carbons (Fsp3) is 1.00. The Morgan fingerprint density at radius 1 is 1.60 bits per heavy atom. The van der Waals surface area contributed by atoms with Gasteiger partial charge in [0.15, 0.2) is 0 Å². The van der Waals surface area contributed by atoms with Crippen molar-refractivity contribution < 1.29 is 8.78 Å². The quantitative estimate of drug-likeness (QED) is 0.588. The second-order valence-corrected chi connectivity index (χ2v) is 3.25. The zero-order chi connectivity index (χ0) is 7.83. The highest BCUT2D eigenvalue weighted by Crippen LogP contribution is 2.40. The van der Waals surface area contributed by atoms with Crippen molar-refractivity contribution >= 4 is 12.6 Å². The number of nitrogens with one attached hydrogen (secondary N) is 1. The molecular weight excluding hydrogens is 156 g/mol. The van der Waals surface area contributed by atoms with Crippen LogP contribution < -0.4 is 5.32 Å². The average Bonchev–Trinajstić information content (AvgIpc) is 1.58. The monoisotopic (exact) mass is 167 g/mol. The summed E-state index contributed by atoms with van der Waals surface area (Å²) in [5, 5.41) is 2.83. The first-order valence-electron chi connectivity index (χ1n) is 3.21. The van der Waals surface area contributed by atoms with Crippen molar-refractivity contribution in [1.29, 1.82) is 0 Å². The lowest BCUT2D eigenvalue weighted by Gasteiger charge is -2.45. The molecule has 0 aromatic rings. The highest BCUT2D eigenvalue weighted by molar-refractivity contribution is 7.80. The molecule has 1 N–H and O–H groups in total. The third-order valence-corrected chi connectivity index (χ3v) is 2.77. The van der Waals surface area contributed by atoms with E-state index in [1.807, 2.05) is 0 Å². The van der Waals surface area contributed by atoms with E-state index in [-0.39, 0.29) is 5.75 Å². The zero-order valence-corrected chi connectivity index (χ0v) is 6.72. The maximum atomic E-state index is 12.7. The maximum Gasteiger partial charge on any atom is 0.254 e. The number of alkyl halides is 2. The Labute approximate surface area is 64.6 Å². The van der Waals surface area contributed by atoms with Crippen LogP contribution in [0.1, 0.15) is 6.92 Å². The van der Waals surface area contributed by atoms with Gasteiger partial charge in [-0.25, -0.2) is 8.78 Å². The van der Waals surface area contributed by atoms with Crippen molar-refractivity contribution in [3.8, 4) is 0 Å². The summed E-state index contributed by atoms with van der Waals surface area (Å²) >= 11 is 3.91. The lowest BCUT2D eigenvalue weighted by Crippen LogP contribution is -2.63. The molecule has 0 aromatic heterocycles. The summed E-state index contributed by atoms with van der Waals surface area (Å²) < 4.78 is 25.5. The van der Waals surface area contributed by atoms with Crippen LogP contribution in [-0.4, -0.2) is 24.8 Å². The summed E-state index contributed by atoms with van der Waals surface area (Å²) in [5.41, 5.74) is -0.879. The molecule has 1 saturated heterocycles. The minimum Gasteiger partial charge on any atom is -0.315 e. The fourth-order valence-electron chi connectivity index (χ4n) is 0.988. The van der Waals surface area contributed by atoms with Gasteiger partial charge in [-0.3, -0.25) is 0 Å². The molecule has 0 spiro atoms. The Kier molecular flexibility index (Phi) is 1.94. The molecule has 0 radical (unpaired) electrons. The largest absolute Gasteiger partial charge is 0.315 e. The molecular formula is C6H11F2NS. The van der Waals surface area contributed by atoms with E-state index in [9.17, 15) is 8.78 Å². The van der Waals surface area contributed by atoms with E-state index in [0.29, 0.717) is 13.1 Å². The Hall–Kier alpha value is 0.170. The van der Waals surface area contributed by atoms with E-state index in [1.165, 1.54) is 0 Å². The summed E-state index contributed by atoms with van der Waals surface area (Å²) in [6.45, 7) is 1.74. The highest BCUT2D eigenvalue weighted by atomic mass is 32.1. The van der Waals surface area contributed by atoms with Gasteiger partial charge in [-0.05, 0) is 0 Å². The first-order chi connectivity index (χ1) is 4.52. The summed E-state index contributed by atoms with van der Waals surface area (Å²) in [5.74, 6) is -2.34. The van der Waals surface area contributed by atoms with Gasteiger partial charge in [0.05, 0.1) is 5.41 Å². The molecule has 1 aliphatic heterocycles. The molecule has 0 saturated carbocycles. The molecule has 1 nitrogen and oxygen atoms in total. The van der Waals surface area contributed by atoms with E-state index >= 15 is 0 Å². The predicted octanol–water partition coefficient (Wildman–Crippen LogP) is 1.16. The van der Waals surface area contributed by atoms with Gasteiger partial charge in [0.25, 0.3) is 5.92 Å². The Bertz CT molecular complexity index is 123. The van der Waals surface area contributed by atoms with E-state index in [2.05, 4.69) is 17.9 Å². The first kappa shape index (κ1) is 8.27. The lowest BCUT2D eigenvalue weighted by molar-refractivity contribution is -0.118. The molecule has 1 heterocycles. The number of rotatable bonds is 2. The second-order valence-electron chi connectivity index (χ2n) is 2.93. The molecule has 1 rings (SSSR count). The van der Waals surface area contributed by atoms with Crippen LogP contribution in [0.4, 0.5) is 8.78 Å². The third kappa shape index (κ3) is 1.03. The maximum absolute atomic E-state index is 12.7. The van der Waals surface area contributed by atoms with E-state index in [4.69, 9.17) is 0 Å². The Morgan fingerprint density at radius 3 is 2.10 bits per heavy atom. The predicted molar refractivity (Wildman–Crippen MR) is 39.8 cm³/mol. The molecule has 60 valence electrons. The van der Waals surface area contributed by atoms with E-state index in [1.54, 1.807) is 0 Å². The van der Waals surface area contributed by atoms with Crippen LogP contribution in [0.3, 0.4) is 0 Å². The number of halogens is 2. The van der Waals surface area contributed by atoms with Crippen LogP contribution in [0.15, 0.2) is 0 Å². The van der Waals surface area contributed by atoms with Gasteiger partial charge >= 0.3 is 0 Å². The van der Waals surface area contributed by atoms with E-state index < -0.39 is 11.3 Å². The summed E-state index contributed by atoms with van der Waals surface area (Å²) in [7, 11) is 0. The van der Waals surface area contributed by atoms with Gasteiger partial charge in [0, 0.05) is 25.8 Å². The van der Waals surface area contributed by atoms with Crippen molar-refractivity contribution in [3.63, 3.8) is 0 Å². The minimum absolute atomic E-state index is 0.253. The highest BCUT2D eigenvalue weighted by Gasteiger charge is 2.52. The zero-order valence-electron chi connectivity index (χ0n) is 5.82. The molecule has 0 aromatic carbocycles. The van der Waals surface area contributed by atoms with Crippen LogP contribution >= 0.6 is 12.6 Å². The van der Waals surface area contributed by atoms with Crippen molar-refractivity contribution in [1.82, 2.24) is 5.32 Å². The Balaban J connectivity index is 2.65. The van der Waals surface area contributed by atoms with Crippen molar-refractivity contribution in [2.45, 2.75) is 12.8 Å². The first-order valence-corrected chi connectivity index (χ1v) is 3.84. The third-order valence-electron chi connectivity index (χ3n) is 2.16. The summed E-state index contributed by atoms with van der Waals surface area (Å²) in [6.07, 6.45) is 0. The normalized spacial score (nSPS) is 24.0. The summed E-state index contributed by atoms with van der Waals surface area (Å²) in [6, 6.07) is 0. The van der Waals surface area contributed by atoms with E-state index in [0.717, 1.165) is 6.92 Å². The number of thiol groups is 1. The molecule has 1 aliphatic rings. The molecule has 1 fully saturated rings. The van der Waals surface area contributed by atoms with Gasteiger partial charge in [-0.2, -0.15) is 12.6 Å². The topological polar surface area (TPSA) is 12.0 Å². The van der Waals surface area contributed by atoms with Gasteiger partial charge in [0.1, 0.15) is 0 Å². The van der Waals surface area contributed by atoms with Crippen LogP contribution in [0.25, 0.3) is 0 Å². The standard InChI is InChI=1S/C6H11F2NS/c1-5(7,8)6(4-10)2-9-3-6/h9-10H,2-4H2,1H3. The van der Waals surface area contributed by atoms with Gasteiger partial charge < -0.3 is 5.32 Å². The van der Waals surface area contributed by atoms with Gasteiger partial charge in [-0.15, -0.1) is 0 Å². The SMILES string of the molecule is CC(F)(F)C1(CS)CNC1. The number of hydrogen-bond acceptors (Lipinski definition) is 2. The van der Waals surface area contributed by atoms with Gasteiger partial charge in [0.2, 0.25) is 0 Å². The van der Waals surface area contributed by atoms with Crippen LogP contribution in [0.5, 0.6) is 0 Å². The summed E-state index contributed by atoms with van der Waals surface area (Å²) in [4.78, 5) is 0. The minimum atomic E-state index is -2.60. The van der Waals surface area contributed by atoms with Gasteiger partial charge in [-0.1, -0.05) is 0 Å². The molecule has 0 bridgehead atoms. The smallest absolute Gasteiger partial charge is 0.254 e. The molecule has 0 amide bonds. The lowest BCUT2D eigenvalue weighted by atomic mass is 9.78. The molecule has 0 atom stereocenters. The van der Waals surface area contributed by atoms with Crippen molar-refractivity contribution in [3.05, 3.63) is 0 Å². The second kappa shape index (κ2) is 2.34. The Morgan fingerprint density at radius 2 is 2.10 bits per heavy atom. The van der Waals surface area contributed by atoms with Crippen LogP contribution in [0.2, 0.25) is 0 Å². The van der Waals surface area contributed by atoms with Crippen LogP contribution in [0, 0.1) is 5.41 Å².